The van der Waals surface area contributed by atoms with E-state index in [-0.39, 0.29) is 16.1 Å². The standard InChI is InChI=1S/C4H3Cl2N3O/c5-2-1(7)3(10)9-4(6)8-2/h7H2,(H,8,9,10). The third-order valence-corrected chi connectivity index (χ3v) is 1.35. The fraction of sp³-hybridized carbons (Fsp3) is 0. The van der Waals surface area contributed by atoms with E-state index in [1.54, 1.807) is 0 Å². The Balaban J connectivity index is 3.46. The summed E-state index contributed by atoms with van der Waals surface area (Å²) in [6, 6.07) is 0. The quantitative estimate of drug-likeness (QED) is 0.455. The molecular weight excluding hydrogens is 177 g/mol. The number of aromatic amines is 1. The van der Waals surface area contributed by atoms with Crippen molar-refractivity contribution in [2.24, 2.45) is 0 Å². The van der Waals surface area contributed by atoms with Crippen LogP contribution in [0.25, 0.3) is 0 Å². The maximum atomic E-state index is 10.7. The summed E-state index contributed by atoms with van der Waals surface area (Å²) in [6.45, 7) is 0. The molecule has 4 nitrogen and oxygen atoms in total. The summed E-state index contributed by atoms with van der Waals surface area (Å²) in [5.41, 5.74) is 4.51. The molecule has 0 saturated heterocycles. The lowest BCUT2D eigenvalue weighted by Gasteiger charge is -1.93. The Morgan fingerprint density at radius 2 is 2.10 bits per heavy atom. The molecule has 3 N–H and O–H groups in total. The molecular formula is C4H3Cl2N3O. The van der Waals surface area contributed by atoms with Crippen LogP contribution in [0.4, 0.5) is 5.69 Å². The first-order valence-electron chi connectivity index (χ1n) is 2.32. The summed E-state index contributed by atoms with van der Waals surface area (Å²) < 4.78 is 0. The van der Waals surface area contributed by atoms with Gasteiger partial charge in [-0.3, -0.25) is 9.78 Å². The molecule has 0 fully saturated rings. The Labute approximate surface area is 66.0 Å². The normalized spacial score (nSPS) is 9.80. The van der Waals surface area contributed by atoms with Gasteiger partial charge in [0.15, 0.2) is 5.15 Å². The third-order valence-electron chi connectivity index (χ3n) is 0.880. The molecule has 0 bridgehead atoms. The predicted octanol–water partition coefficient (Wildman–Crippen LogP) is 0.659. The fourth-order valence-corrected chi connectivity index (χ4v) is 0.813. The minimum absolute atomic E-state index is 0.0656. The fourth-order valence-electron chi connectivity index (χ4n) is 0.429. The monoisotopic (exact) mass is 179 g/mol. The van der Waals surface area contributed by atoms with Gasteiger partial charge in [-0.1, -0.05) is 11.6 Å². The van der Waals surface area contributed by atoms with Crippen LogP contribution in [0.5, 0.6) is 0 Å². The summed E-state index contributed by atoms with van der Waals surface area (Å²) in [5.74, 6) is 0. The number of halogens is 2. The van der Waals surface area contributed by atoms with Gasteiger partial charge in [0, 0.05) is 0 Å². The Morgan fingerprint density at radius 3 is 2.60 bits per heavy atom. The van der Waals surface area contributed by atoms with Crippen LogP contribution in [0, 0.1) is 0 Å². The average Bonchev–Trinajstić information content (AvgIpc) is 1.82. The molecule has 0 aliphatic rings. The molecule has 0 aromatic carbocycles. The molecule has 0 aliphatic heterocycles. The predicted molar refractivity (Wildman–Crippen MR) is 39.3 cm³/mol. The van der Waals surface area contributed by atoms with Crippen molar-refractivity contribution in [3.05, 3.63) is 20.8 Å². The van der Waals surface area contributed by atoms with Crippen LogP contribution >= 0.6 is 23.2 Å². The zero-order valence-electron chi connectivity index (χ0n) is 4.69. The van der Waals surface area contributed by atoms with Gasteiger partial charge in [0.2, 0.25) is 5.28 Å². The number of nitrogens with two attached hydrogens (primary N) is 1. The highest BCUT2D eigenvalue weighted by atomic mass is 35.5. The van der Waals surface area contributed by atoms with Crippen molar-refractivity contribution in [1.29, 1.82) is 0 Å². The van der Waals surface area contributed by atoms with Gasteiger partial charge in [-0.25, -0.2) is 4.98 Å². The molecule has 0 atom stereocenters. The van der Waals surface area contributed by atoms with Gasteiger partial charge in [-0.05, 0) is 11.6 Å². The average molecular weight is 180 g/mol. The molecule has 0 aliphatic carbocycles. The highest BCUT2D eigenvalue weighted by molar-refractivity contribution is 6.33. The van der Waals surface area contributed by atoms with E-state index in [0.717, 1.165) is 0 Å². The SMILES string of the molecule is Nc1c(Cl)nc(Cl)[nH]c1=O. The number of nitrogens with one attached hydrogen (secondary N) is 1. The number of nitrogen functional groups attached to an aromatic ring is 1. The van der Waals surface area contributed by atoms with E-state index in [1.165, 1.54) is 0 Å². The summed E-state index contributed by atoms with van der Waals surface area (Å²) in [7, 11) is 0. The minimum Gasteiger partial charge on any atom is -0.392 e. The van der Waals surface area contributed by atoms with Crippen molar-refractivity contribution in [2.75, 3.05) is 5.73 Å². The van der Waals surface area contributed by atoms with E-state index < -0.39 is 5.56 Å². The number of H-pyrrole nitrogens is 1. The van der Waals surface area contributed by atoms with Crippen molar-refractivity contribution in [1.82, 2.24) is 9.97 Å². The van der Waals surface area contributed by atoms with Crippen molar-refractivity contribution in [3.63, 3.8) is 0 Å². The van der Waals surface area contributed by atoms with Crippen LogP contribution < -0.4 is 11.3 Å². The molecule has 0 spiro atoms. The van der Waals surface area contributed by atoms with E-state index in [2.05, 4.69) is 9.97 Å². The Bertz CT molecular complexity index is 308. The molecule has 54 valence electrons. The second-order valence-electron chi connectivity index (χ2n) is 1.56. The lowest BCUT2D eigenvalue weighted by atomic mass is 10.5. The van der Waals surface area contributed by atoms with E-state index in [9.17, 15) is 4.79 Å². The summed E-state index contributed by atoms with van der Waals surface area (Å²) >= 11 is 10.7. The molecule has 1 rings (SSSR count). The second-order valence-corrected chi connectivity index (χ2v) is 2.28. The maximum absolute atomic E-state index is 10.7. The zero-order chi connectivity index (χ0) is 7.72. The van der Waals surface area contributed by atoms with Crippen LogP contribution in [-0.2, 0) is 0 Å². The summed E-state index contributed by atoms with van der Waals surface area (Å²) in [6.07, 6.45) is 0. The van der Waals surface area contributed by atoms with Gasteiger partial charge in [0.25, 0.3) is 5.56 Å². The number of hydrogen-bond acceptors (Lipinski definition) is 3. The highest BCUT2D eigenvalue weighted by Crippen LogP contribution is 2.10. The van der Waals surface area contributed by atoms with Crippen LogP contribution in [0.2, 0.25) is 10.4 Å². The molecule has 6 heteroatoms. The van der Waals surface area contributed by atoms with Gasteiger partial charge in [0.1, 0.15) is 5.69 Å². The minimum atomic E-state index is -0.523. The molecule has 0 amide bonds. The second kappa shape index (κ2) is 2.48. The summed E-state index contributed by atoms with van der Waals surface area (Å²) in [4.78, 5) is 16.3. The number of nitrogens with zero attached hydrogens (tertiary/aromatic N) is 1. The van der Waals surface area contributed by atoms with Gasteiger partial charge < -0.3 is 5.73 Å². The number of aromatic nitrogens is 2. The smallest absolute Gasteiger partial charge is 0.276 e. The largest absolute Gasteiger partial charge is 0.392 e. The van der Waals surface area contributed by atoms with Gasteiger partial charge in [-0.15, -0.1) is 0 Å². The number of rotatable bonds is 0. The lowest BCUT2D eigenvalue weighted by molar-refractivity contribution is 1.13. The highest BCUT2D eigenvalue weighted by Gasteiger charge is 2.02. The summed E-state index contributed by atoms with van der Waals surface area (Å²) in [5, 5.41) is -0.141. The van der Waals surface area contributed by atoms with Crippen LogP contribution in [0.3, 0.4) is 0 Å². The molecule has 0 saturated carbocycles. The molecule has 0 radical (unpaired) electrons. The van der Waals surface area contributed by atoms with Crippen LogP contribution in [0.15, 0.2) is 4.79 Å². The Kier molecular flexibility index (Phi) is 1.82. The molecule has 1 aromatic rings. The number of hydrogen-bond donors (Lipinski definition) is 2. The number of anilines is 1. The van der Waals surface area contributed by atoms with Crippen molar-refractivity contribution in [2.45, 2.75) is 0 Å². The molecule has 1 heterocycles. The molecule has 10 heavy (non-hydrogen) atoms. The van der Waals surface area contributed by atoms with E-state index in [4.69, 9.17) is 28.9 Å². The first-order chi connectivity index (χ1) is 4.61. The Hall–Kier alpha value is -0.740. The van der Waals surface area contributed by atoms with Gasteiger partial charge >= 0.3 is 0 Å². The van der Waals surface area contributed by atoms with Crippen molar-refractivity contribution >= 4 is 28.9 Å². The van der Waals surface area contributed by atoms with E-state index in [1.807, 2.05) is 0 Å². The molecule has 1 aromatic heterocycles. The van der Waals surface area contributed by atoms with Gasteiger partial charge in [-0.2, -0.15) is 0 Å². The molecule has 0 unspecified atom stereocenters. The van der Waals surface area contributed by atoms with Crippen molar-refractivity contribution in [3.8, 4) is 0 Å². The third kappa shape index (κ3) is 1.22. The first-order valence-corrected chi connectivity index (χ1v) is 3.07. The van der Waals surface area contributed by atoms with Gasteiger partial charge in [0.05, 0.1) is 0 Å². The lowest BCUT2D eigenvalue weighted by Crippen LogP contribution is -2.13. The maximum Gasteiger partial charge on any atom is 0.276 e. The van der Waals surface area contributed by atoms with Crippen LogP contribution in [0.1, 0.15) is 0 Å². The Morgan fingerprint density at radius 1 is 1.50 bits per heavy atom. The van der Waals surface area contributed by atoms with E-state index in [0.29, 0.717) is 0 Å². The van der Waals surface area contributed by atoms with Crippen LogP contribution in [-0.4, -0.2) is 9.97 Å². The zero-order valence-corrected chi connectivity index (χ0v) is 6.20. The first kappa shape index (κ1) is 7.37. The topological polar surface area (TPSA) is 71.8 Å². The van der Waals surface area contributed by atoms with E-state index >= 15 is 0 Å². The van der Waals surface area contributed by atoms with Crippen molar-refractivity contribution < 1.29 is 0 Å².